The van der Waals surface area contributed by atoms with Gasteiger partial charge >= 0.3 is 0 Å². The number of nitrogens with two attached hydrogens (primary N) is 2. The average Bonchev–Trinajstić information content (AvgIpc) is 2.86. The highest BCUT2D eigenvalue weighted by Gasteiger charge is 2.24. The molecule has 1 aliphatic rings. The third-order valence-electron chi connectivity index (χ3n) is 2.57. The number of hydrogen-bond acceptors (Lipinski definition) is 5. The first kappa shape index (κ1) is 11.8. The Labute approximate surface area is 113 Å². The maximum absolute atomic E-state index is 5.84. The van der Waals surface area contributed by atoms with Crippen molar-refractivity contribution in [2.45, 2.75) is 6.10 Å². The minimum absolute atomic E-state index is 0.00735. The van der Waals surface area contributed by atoms with Crippen molar-refractivity contribution in [2.24, 2.45) is 16.5 Å². The molecule has 1 atom stereocenters. The van der Waals surface area contributed by atoms with Crippen LogP contribution in [-0.4, -0.2) is 17.6 Å². The summed E-state index contributed by atoms with van der Waals surface area (Å²) < 4.78 is 11.5. The van der Waals surface area contributed by atoms with Crippen LogP contribution in [0.15, 0.2) is 34.6 Å². The summed E-state index contributed by atoms with van der Waals surface area (Å²) in [5.41, 5.74) is 11.4. The van der Waals surface area contributed by atoms with E-state index < -0.39 is 0 Å². The van der Waals surface area contributed by atoms with Crippen molar-refractivity contribution in [3.05, 3.63) is 35.3 Å². The van der Waals surface area contributed by atoms with Crippen LogP contribution in [0.5, 0.6) is 11.5 Å². The molecule has 0 saturated carbocycles. The van der Waals surface area contributed by atoms with Gasteiger partial charge in [-0.1, -0.05) is 12.1 Å². The predicted molar refractivity (Wildman–Crippen MR) is 72.9 cm³/mol. The summed E-state index contributed by atoms with van der Waals surface area (Å²) >= 11 is 1.36. The van der Waals surface area contributed by atoms with Crippen LogP contribution in [0.25, 0.3) is 0 Å². The first-order valence-corrected chi connectivity index (χ1v) is 6.54. The molecule has 0 saturated heterocycles. The Morgan fingerprint density at radius 1 is 1.32 bits per heavy atom. The lowest BCUT2D eigenvalue weighted by Gasteiger charge is -2.25. The van der Waals surface area contributed by atoms with E-state index >= 15 is 0 Å². The molecule has 1 aromatic heterocycles. The fourth-order valence-corrected chi connectivity index (χ4v) is 2.50. The number of ether oxygens (including phenoxy) is 2. The van der Waals surface area contributed by atoms with Crippen molar-refractivity contribution in [3.8, 4) is 11.5 Å². The van der Waals surface area contributed by atoms with Gasteiger partial charge in [-0.2, -0.15) is 4.99 Å². The lowest BCUT2D eigenvalue weighted by Crippen LogP contribution is -2.22. The Bertz CT molecular complexity index is 622. The lowest BCUT2D eigenvalue weighted by molar-refractivity contribution is 0.0888. The molecule has 2 aromatic rings. The topological polar surface area (TPSA) is 95.8 Å². The predicted octanol–water partition coefficient (Wildman–Crippen LogP) is 1.56. The summed E-state index contributed by atoms with van der Waals surface area (Å²) in [5.74, 6) is 1.46. The number of hydrogen-bond donors (Lipinski definition) is 2. The van der Waals surface area contributed by atoms with Crippen LogP contribution in [0.1, 0.15) is 11.8 Å². The molecule has 1 aliphatic heterocycles. The summed E-state index contributed by atoms with van der Waals surface area (Å²) in [6.07, 6.45) is -0.242. The van der Waals surface area contributed by atoms with E-state index in [0.717, 1.165) is 17.2 Å². The number of benzene rings is 1. The molecule has 0 aliphatic carbocycles. The molecule has 0 amide bonds. The Balaban J connectivity index is 1.81. The van der Waals surface area contributed by atoms with Crippen molar-refractivity contribution in [3.63, 3.8) is 0 Å². The zero-order valence-corrected chi connectivity index (χ0v) is 10.8. The Hall–Kier alpha value is -2.28. The molecule has 0 spiro atoms. The number of para-hydroxylation sites is 2. The van der Waals surface area contributed by atoms with E-state index in [0.29, 0.717) is 11.7 Å². The number of nitrogens with zero attached hydrogens (tertiary/aromatic N) is 2. The maximum Gasteiger partial charge on any atom is 0.212 e. The van der Waals surface area contributed by atoms with Crippen molar-refractivity contribution in [1.82, 2.24) is 4.98 Å². The van der Waals surface area contributed by atoms with Gasteiger partial charge in [0.15, 0.2) is 23.6 Å². The first-order chi connectivity index (χ1) is 9.22. The first-order valence-electron chi connectivity index (χ1n) is 5.66. The third-order valence-corrected chi connectivity index (χ3v) is 3.33. The Kier molecular flexibility index (Phi) is 2.96. The fourth-order valence-electron chi connectivity index (χ4n) is 1.75. The van der Waals surface area contributed by atoms with Crippen molar-refractivity contribution in [2.75, 3.05) is 6.61 Å². The zero-order chi connectivity index (χ0) is 13.2. The highest BCUT2D eigenvalue weighted by molar-refractivity contribution is 7.13. The van der Waals surface area contributed by atoms with Crippen LogP contribution >= 0.6 is 11.3 Å². The quantitative estimate of drug-likeness (QED) is 0.641. The minimum atomic E-state index is -0.242. The second-order valence-corrected chi connectivity index (χ2v) is 4.79. The average molecular weight is 276 g/mol. The molecule has 7 heteroatoms. The van der Waals surface area contributed by atoms with Crippen LogP contribution in [-0.2, 0) is 0 Å². The van der Waals surface area contributed by atoms with Gasteiger partial charge < -0.3 is 20.9 Å². The molecular weight excluding hydrogens is 264 g/mol. The maximum atomic E-state index is 5.84. The largest absolute Gasteiger partial charge is 0.485 e. The smallest absolute Gasteiger partial charge is 0.212 e. The number of aliphatic imine (C=N–C) groups is 1. The summed E-state index contributed by atoms with van der Waals surface area (Å²) in [7, 11) is 0. The summed E-state index contributed by atoms with van der Waals surface area (Å²) in [4.78, 5) is 8.22. The van der Waals surface area contributed by atoms with Crippen LogP contribution < -0.4 is 20.9 Å². The Morgan fingerprint density at radius 3 is 2.89 bits per heavy atom. The van der Waals surface area contributed by atoms with Crippen molar-refractivity contribution >= 4 is 22.4 Å². The fraction of sp³-hybridized carbons (Fsp3) is 0.167. The van der Waals surface area contributed by atoms with Gasteiger partial charge in [0, 0.05) is 5.38 Å². The zero-order valence-electron chi connectivity index (χ0n) is 9.95. The van der Waals surface area contributed by atoms with E-state index in [1.54, 1.807) is 0 Å². The molecule has 0 bridgehead atoms. The lowest BCUT2D eigenvalue weighted by atomic mass is 10.2. The van der Waals surface area contributed by atoms with Crippen molar-refractivity contribution in [1.29, 1.82) is 0 Å². The van der Waals surface area contributed by atoms with E-state index in [2.05, 4.69) is 9.98 Å². The minimum Gasteiger partial charge on any atom is -0.485 e. The molecular formula is C12H12N4O2S. The van der Waals surface area contributed by atoms with Gasteiger partial charge in [0.2, 0.25) is 5.13 Å². The molecule has 1 aromatic carbocycles. The molecule has 0 radical (unpaired) electrons. The summed E-state index contributed by atoms with van der Waals surface area (Å²) in [5, 5.41) is 2.38. The number of thiazole rings is 1. The summed E-state index contributed by atoms with van der Waals surface area (Å²) in [6.45, 7) is 0.419. The van der Waals surface area contributed by atoms with Gasteiger partial charge in [-0.25, -0.2) is 4.98 Å². The molecule has 19 heavy (non-hydrogen) atoms. The third kappa shape index (κ3) is 2.45. The van der Waals surface area contributed by atoms with Gasteiger partial charge in [0.05, 0.1) is 5.69 Å². The van der Waals surface area contributed by atoms with E-state index in [9.17, 15) is 0 Å². The van der Waals surface area contributed by atoms with Crippen LogP contribution in [0.2, 0.25) is 0 Å². The second kappa shape index (κ2) is 4.77. The van der Waals surface area contributed by atoms with Crippen molar-refractivity contribution < 1.29 is 9.47 Å². The molecule has 98 valence electrons. The van der Waals surface area contributed by atoms with Gasteiger partial charge in [0.1, 0.15) is 6.61 Å². The highest BCUT2D eigenvalue weighted by atomic mass is 32.1. The number of guanidine groups is 1. The highest BCUT2D eigenvalue weighted by Crippen LogP contribution is 2.36. The number of aromatic nitrogens is 1. The van der Waals surface area contributed by atoms with Gasteiger partial charge in [-0.05, 0) is 12.1 Å². The SMILES string of the molecule is NC(N)=Nc1nc([C@@H]2COc3ccccc3O2)cs1. The number of rotatable bonds is 2. The molecule has 4 N–H and O–H groups in total. The Morgan fingerprint density at radius 2 is 2.11 bits per heavy atom. The van der Waals surface area contributed by atoms with Gasteiger partial charge in [-0.15, -0.1) is 11.3 Å². The van der Waals surface area contributed by atoms with Gasteiger partial charge in [-0.3, -0.25) is 0 Å². The number of fused-ring (bicyclic) bond motifs is 1. The molecule has 6 nitrogen and oxygen atoms in total. The van der Waals surface area contributed by atoms with Gasteiger partial charge in [0.25, 0.3) is 0 Å². The standard InChI is InChI=1S/C12H12N4O2S/c13-11(14)16-12-15-7(6-19-12)10-5-17-8-3-1-2-4-9(8)18-10/h1-4,6,10H,5H2,(H4,13,14,15,16)/t10-/m0/s1. The molecule has 0 fully saturated rings. The van der Waals surface area contributed by atoms with E-state index in [1.165, 1.54) is 11.3 Å². The van der Waals surface area contributed by atoms with Crippen LogP contribution in [0.4, 0.5) is 5.13 Å². The molecule has 0 unspecified atom stereocenters. The summed E-state index contributed by atoms with van der Waals surface area (Å²) in [6, 6.07) is 7.54. The molecule has 2 heterocycles. The normalized spacial score (nSPS) is 16.9. The van der Waals surface area contributed by atoms with E-state index in [4.69, 9.17) is 20.9 Å². The van der Waals surface area contributed by atoms with Crippen LogP contribution in [0, 0.1) is 0 Å². The monoisotopic (exact) mass is 276 g/mol. The van der Waals surface area contributed by atoms with E-state index in [-0.39, 0.29) is 12.1 Å². The second-order valence-electron chi connectivity index (χ2n) is 3.96. The van der Waals surface area contributed by atoms with Crippen LogP contribution in [0.3, 0.4) is 0 Å². The van der Waals surface area contributed by atoms with E-state index in [1.807, 2.05) is 29.6 Å². The molecule has 3 rings (SSSR count).